The van der Waals surface area contributed by atoms with Crippen LogP contribution in [0.2, 0.25) is 0 Å². The fourth-order valence-corrected chi connectivity index (χ4v) is 16.7. The number of aliphatic hydroxyl groups is 1. The summed E-state index contributed by atoms with van der Waals surface area (Å²) in [6.07, 6.45) is 18.3. The first-order valence-electron chi connectivity index (χ1n) is 51.0. The molecule has 9 aromatic carbocycles. The minimum absolute atomic E-state index is 0.00700. The average Bonchev–Trinajstić information content (AvgIpc) is 0.811. The highest BCUT2D eigenvalue weighted by Crippen LogP contribution is 2.38. The zero-order valence-electron chi connectivity index (χ0n) is 86.9. The van der Waals surface area contributed by atoms with E-state index in [4.69, 9.17) is 47.4 Å². The predicted molar refractivity (Wildman–Crippen MR) is 568 cm³/mol. The number of aryl methyl sites for hydroxylation is 4. The molecule has 6 atom stereocenters. The Kier molecular flexibility index (Phi) is 48.5. The van der Waals surface area contributed by atoms with Crippen LogP contribution in [0.15, 0.2) is 182 Å². The summed E-state index contributed by atoms with van der Waals surface area (Å²) in [7, 11) is 0. The number of hydrogen-bond acceptors (Lipinski definition) is 21. The number of benzene rings is 9. The summed E-state index contributed by atoms with van der Waals surface area (Å²) in [4.78, 5) is 115. The van der Waals surface area contributed by atoms with Crippen molar-refractivity contribution in [3.63, 3.8) is 0 Å². The molecule has 30 heteroatoms. The van der Waals surface area contributed by atoms with E-state index >= 15 is 0 Å². The molecule has 0 aliphatic carbocycles. The standard InChI is InChI=1S/C115H151N9O21/c1-76(2)21-15-23-78(5)25-17-27-80(7)29-19-31-82(9)57-59-136-106-65-96(105(124(134)135)66-107(106)137-60-58-83(10)32-20-30-81(8)28-18-26-79(6)24-16-22-77(3)4)75-145-111(129)119-100-51-39-91(40-52-100)71-141-115(133)123-104-56-44-95(64-87(104)14)74-144-110(128)118-99-49-37-90(38-50-99)70-140-114(132)122-103-55-43-94(63-86(103)13)73-143-109(127)117-98-47-35-89(36-48-98)69-139-113(131)121-102-54-42-93(62-85(102)12)72-142-108(126)116-97-45-33-88(34-46-97)68-138-112(130)120-101-53-41-92(67-125)61-84(101)11/h33-56,61-66,76-83,125H,15-32,57-60,67-75H2,1-14H3,(H,116,126)(H,117,127)(H,118,128)(H,119,129)(H,120,130)(H,121,131)(H,122,132)(H,123,133)/t78-,79-,80-,81-,82?,83?/m1/s1. The normalized spacial score (nSPS) is 12.4. The lowest BCUT2D eigenvalue weighted by molar-refractivity contribution is -0.385. The second-order valence-corrected chi connectivity index (χ2v) is 39.6. The van der Waals surface area contributed by atoms with Gasteiger partial charge in [0.2, 0.25) is 0 Å². The van der Waals surface area contributed by atoms with Crippen LogP contribution in [-0.4, -0.2) is 72.0 Å². The van der Waals surface area contributed by atoms with Crippen LogP contribution in [0.1, 0.15) is 270 Å². The molecule has 782 valence electrons. The van der Waals surface area contributed by atoms with Gasteiger partial charge in [-0.15, -0.1) is 0 Å². The molecule has 30 nitrogen and oxygen atoms in total. The molecule has 0 aliphatic heterocycles. The van der Waals surface area contributed by atoms with Crippen LogP contribution in [-0.2, 0) is 97.4 Å². The smallest absolute Gasteiger partial charge is 0.411 e. The molecule has 9 aromatic rings. The Bertz CT molecular complexity index is 5600. The third-order valence-electron chi connectivity index (χ3n) is 25.7. The molecule has 0 aromatic heterocycles. The third kappa shape index (κ3) is 44.1. The molecule has 145 heavy (non-hydrogen) atoms. The van der Waals surface area contributed by atoms with Crippen molar-refractivity contribution >= 4 is 99.9 Å². The van der Waals surface area contributed by atoms with E-state index in [-0.39, 0.29) is 64.1 Å². The molecule has 9 rings (SSSR count). The van der Waals surface area contributed by atoms with Crippen molar-refractivity contribution in [3.8, 4) is 11.5 Å². The minimum atomic E-state index is -0.835. The predicted octanol–water partition coefficient (Wildman–Crippen LogP) is 30.0. The van der Waals surface area contributed by atoms with E-state index in [2.05, 4.69) is 112 Å². The maximum absolute atomic E-state index is 13.3. The number of hydrogen-bond donors (Lipinski definition) is 9. The van der Waals surface area contributed by atoms with Crippen molar-refractivity contribution in [1.29, 1.82) is 0 Å². The van der Waals surface area contributed by atoms with Gasteiger partial charge in [0.05, 0.1) is 36.4 Å². The Labute approximate surface area is 854 Å². The maximum Gasteiger partial charge on any atom is 0.411 e. The molecule has 9 N–H and O–H groups in total. The van der Waals surface area contributed by atoms with Crippen LogP contribution in [0.25, 0.3) is 0 Å². The lowest BCUT2D eigenvalue weighted by Crippen LogP contribution is -2.16. The van der Waals surface area contributed by atoms with Gasteiger partial charge >= 0.3 is 48.7 Å². The van der Waals surface area contributed by atoms with E-state index in [1.807, 2.05) is 6.92 Å². The SMILES string of the molecule is Cc1cc(CO)ccc1NC(=O)OCc1ccc(NC(=O)OCc2ccc(NC(=O)OCc3ccc(NC(=O)OCc4ccc(NC(=O)OCc5ccc(NC(=O)OCc6ccc(NC(=O)OCc7ccc(NC(=O)OCc8cc(OCCC(C)CCC[C@H](C)CCC[C@H](C)CCCC(C)C)c(OCCC(C)CCC[C@H](C)CCC[C@H](C)CCCC(C)C)cc8[N+](=O)[O-])cc7)c(C)c6)cc5)c(C)c4)cc3)c(C)c2)cc1. The van der Waals surface area contributed by atoms with Crippen molar-refractivity contribution in [2.45, 2.75) is 285 Å². The number of rotatable bonds is 58. The Morgan fingerprint density at radius 2 is 0.483 bits per heavy atom. The molecule has 0 heterocycles. The zero-order chi connectivity index (χ0) is 105. The highest BCUT2D eigenvalue weighted by atomic mass is 16.6. The van der Waals surface area contributed by atoms with Gasteiger partial charge in [0.15, 0.2) is 11.5 Å². The number of carbonyl (C=O) groups is 8. The molecule has 0 saturated carbocycles. The largest absolute Gasteiger partial charge is 0.490 e. The summed E-state index contributed by atoms with van der Waals surface area (Å²) in [5.41, 5.74) is 11.7. The topological polar surface area (TPSA) is 388 Å². The molecule has 0 saturated heterocycles. The Hall–Kier alpha value is -13.9. The fraction of sp³-hybridized carbons (Fsp3) is 0.461. The van der Waals surface area contributed by atoms with Gasteiger partial charge in [-0.25, -0.2) is 38.4 Å². The van der Waals surface area contributed by atoms with Crippen molar-refractivity contribution in [2.75, 3.05) is 55.7 Å². The first-order chi connectivity index (χ1) is 69.6. The molecule has 0 aliphatic rings. The number of carbonyl (C=O) groups excluding carboxylic acids is 8. The van der Waals surface area contributed by atoms with E-state index < -0.39 is 60.3 Å². The van der Waals surface area contributed by atoms with Gasteiger partial charge in [-0.2, -0.15) is 0 Å². The summed E-state index contributed by atoms with van der Waals surface area (Å²) in [5.74, 6) is 5.93. The van der Waals surface area contributed by atoms with Gasteiger partial charge < -0.3 is 52.5 Å². The highest BCUT2D eigenvalue weighted by molar-refractivity contribution is 5.90. The van der Waals surface area contributed by atoms with Crippen molar-refractivity contribution < 1.29 is 95.8 Å². The Morgan fingerprint density at radius 1 is 0.269 bits per heavy atom. The van der Waals surface area contributed by atoms with Crippen LogP contribution in [0.4, 0.5) is 89.5 Å². The quantitative estimate of drug-likeness (QED) is 0.00971. The lowest BCUT2D eigenvalue weighted by Gasteiger charge is -2.18. The second-order valence-electron chi connectivity index (χ2n) is 39.6. The van der Waals surface area contributed by atoms with Crippen LogP contribution in [0.3, 0.4) is 0 Å². The van der Waals surface area contributed by atoms with Gasteiger partial charge in [-0.1, -0.05) is 282 Å². The van der Waals surface area contributed by atoms with Crippen molar-refractivity contribution in [3.05, 3.63) is 264 Å². The molecular weight excluding hydrogens is 1840 g/mol. The number of aliphatic hydroxyl groups excluding tert-OH is 1. The monoisotopic (exact) mass is 1990 g/mol. The van der Waals surface area contributed by atoms with E-state index in [9.17, 15) is 53.6 Å². The van der Waals surface area contributed by atoms with E-state index in [1.54, 1.807) is 197 Å². The zero-order valence-corrected chi connectivity index (χ0v) is 86.9. The first-order valence-corrected chi connectivity index (χ1v) is 51.0. The fourth-order valence-electron chi connectivity index (χ4n) is 16.7. The first kappa shape index (κ1) is 115. The number of nitrogens with one attached hydrogen (secondary N) is 8. The number of nitro benzene ring substituents is 1. The van der Waals surface area contributed by atoms with Crippen LogP contribution in [0, 0.1) is 85.2 Å². The molecular formula is C115H151N9O21. The van der Waals surface area contributed by atoms with E-state index in [0.717, 1.165) is 73.3 Å². The molecule has 0 fully saturated rings. The van der Waals surface area contributed by atoms with Crippen LogP contribution >= 0.6 is 0 Å². The lowest BCUT2D eigenvalue weighted by atomic mass is 9.91. The number of nitro groups is 1. The van der Waals surface area contributed by atoms with Gasteiger partial charge in [0.1, 0.15) is 52.9 Å². The maximum atomic E-state index is 13.3. The highest BCUT2D eigenvalue weighted by Gasteiger charge is 2.25. The minimum Gasteiger partial charge on any atom is -0.490 e. The summed E-state index contributed by atoms with van der Waals surface area (Å²) in [5, 5.41) is 43.6. The summed E-state index contributed by atoms with van der Waals surface area (Å²) < 4.78 is 56.6. The summed E-state index contributed by atoms with van der Waals surface area (Å²) in [6.45, 7) is 30.2. The van der Waals surface area contributed by atoms with E-state index in [1.165, 1.54) is 96.0 Å². The molecule has 0 bridgehead atoms. The second kappa shape index (κ2) is 61.3. The Balaban J connectivity index is 0.622. The number of ether oxygens (including phenoxy) is 10. The van der Waals surface area contributed by atoms with Crippen molar-refractivity contribution in [1.82, 2.24) is 0 Å². The van der Waals surface area contributed by atoms with Gasteiger partial charge in [-0.3, -0.25) is 52.6 Å². The van der Waals surface area contributed by atoms with Gasteiger partial charge in [0.25, 0.3) is 5.69 Å². The third-order valence-corrected chi connectivity index (χ3v) is 25.7. The average molecular weight is 2000 g/mol. The van der Waals surface area contributed by atoms with Crippen LogP contribution < -0.4 is 52.0 Å². The number of anilines is 8. The summed E-state index contributed by atoms with van der Waals surface area (Å²) >= 11 is 0. The Morgan fingerprint density at radius 3 is 0.731 bits per heavy atom. The molecule has 0 spiro atoms. The number of amides is 8. The summed E-state index contributed by atoms with van der Waals surface area (Å²) in [6, 6.07) is 50.1. The number of nitrogens with zero attached hydrogens (tertiary/aromatic N) is 1. The van der Waals surface area contributed by atoms with Gasteiger partial charge in [0, 0.05) is 45.5 Å². The van der Waals surface area contributed by atoms with Crippen LogP contribution in [0.5, 0.6) is 11.5 Å². The molecule has 8 amide bonds. The van der Waals surface area contributed by atoms with Gasteiger partial charge in [-0.05, 0) is 234 Å². The molecule has 2 unspecified atom stereocenters. The molecule has 0 radical (unpaired) electrons. The van der Waals surface area contributed by atoms with E-state index in [0.29, 0.717) is 150 Å². The van der Waals surface area contributed by atoms with Crippen molar-refractivity contribution in [2.24, 2.45) is 47.3 Å².